The van der Waals surface area contributed by atoms with Crippen molar-refractivity contribution in [1.29, 1.82) is 0 Å². The third kappa shape index (κ3) is 4.41. The monoisotopic (exact) mass is 317 g/mol. The summed E-state index contributed by atoms with van der Waals surface area (Å²) >= 11 is 7.44. The minimum Gasteiger partial charge on any atom is -0.379 e. The van der Waals surface area contributed by atoms with E-state index in [-0.39, 0.29) is 5.91 Å². The molecule has 0 radical (unpaired) electrons. The van der Waals surface area contributed by atoms with Crippen LogP contribution in [-0.2, 0) is 22.6 Å². The van der Waals surface area contributed by atoms with E-state index >= 15 is 0 Å². The van der Waals surface area contributed by atoms with Gasteiger partial charge in [-0.3, -0.25) is 9.69 Å². The van der Waals surface area contributed by atoms with Crippen molar-refractivity contribution in [2.75, 3.05) is 33.4 Å². The first kappa shape index (κ1) is 15.7. The fraction of sp³-hybridized carbons (Fsp3) is 0.692. The van der Waals surface area contributed by atoms with Crippen molar-refractivity contribution in [3.05, 3.63) is 16.1 Å². The molecule has 1 aromatic rings. The van der Waals surface area contributed by atoms with Crippen molar-refractivity contribution in [3.8, 4) is 0 Å². The van der Waals surface area contributed by atoms with Crippen LogP contribution in [0.5, 0.6) is 0 Å². The number of nitrogens with zero attached hydrogens (tertiary/aromatic N) is 3. The molecule has 0 aromatic carbocycles. The van der Waals surface area contributed by atoms with Gasteiger partial charge in [0.05, 0.1) is 32.0 Å². The lowest BCUT2D eigenvalue weighted by Crippen LogP contribution is -2.35. The summed E-state index contributed by atoms with van der Waals surface area (Å²) < 4.78 is 5.33. The van der Waals surface area contributed by atoms with Gasteiger partial charge in [-0.1, -0.05) is 0 Å². The van der Waals surface area contributed by atoms with Crippen molar-refractivity contribution >= 4 is 28.8 Å². The quantitative estimate of drug-likeness (QED) is 0.773. The average Bonchev–Trinajstić information content (AvgIpc) is 2.86. The number of aromatic nitrogens is 1. The molecule has 0 saturated carbocycles. The number of carbonyl (C=O) groups excluding carboxylic acids is 1. The van der Waals surface area contributed by atoms with Crippen LogP contribution in [0.15, 0.2) is 5.38 Å². The SMILES string of the molecule is CC(Cl)C(=O)N(C)Cc1csc(CN2CCOCC2)n1. The molecule has 112 valence electrons. The number of carbonyl (C=O) groups is 1. The Morgan fingerprint density at radius 2 is 2.30 bits per heavy atom. The summed E-state index contributed by atoms with van der Waals surface area (Å²) in [5.74, 6) is -0.0746. The van der Waals surface area contributed by atoms with Crippen molar-refractivity contribution in [2.24, 2.45) is 0 Å². The molecule has 1 aromatic heterocycles. The normalized spacial score (nSPS) is 17.9. The zero-order valence-corrected chi connectivity index (χ0v) is 13.4. The van der Waals surface area contributed by atoms with E-state index in [0.717, 1.165) is 43.5 Å². The number of rotatable bonds is 5. The molecular formula is C13H20ClN3O2S. The lowest BCUT2D eigenvalue weighted by atomic mass is 10.3. The largest absolute Gasteiger partial charge is 0.379 e. The van der Waals surface area contributed by atoms with Crippen LogP contribution in [0.4, 0.5) is 0 Å². The number of halogens is 1. The number of morpholine rings is 1. The van der Waals surface area contributed by atoms with E-state index in [0.29, 0.717) is 6.54 Å². The molecule has 1 fully saturated rings. The van der Waals surface area contributed by atoms with Crippen LogP contribution in [0.3, 0.4) is 0 Å². The van der Waals surface area contributed by atoms with Gasteiger partial charge < -0.3 is 9.64 Å². The smallest absolute Gasteiger partial charge is 0.240 e. The van der Waals surface area contributed by atoms with Gasteiger partial charge in [0.25, 0.3) is 0 Å². The lowest BCUT2D eigenvalue weighted by molar-refractivity contribution is -0.129. The van der Waals surface area contributed by atoms with Crippen LogP contribution in [0.2, 0.25) is 0 Å². The van der Waals surface area contributed by atoms with Gasteiger partial charge >= 0.3 is 0 Å². The third-order valence-electron chi connectivity index (χ3n) is 3.18. The molecule has 1 unspecified atom stereocenters. The zero-order chi connectivity index (χ0) is 14.5. The highest BCUT2D eigenvalue weighted by Crippen LogP contribution is 2.15. The molecule has 0 N–H and O–H groups in total. The molecule has 20 heavy (non-hydrogen) atoms. The molecule has 0 aliphatic carbocycles. The summed E-state index contributed by atoms with van der Waals surface area (Å²) in [7, 11) is 1.75. The fourth-order valence-corrected chi connectivity index (χ4v) is 3.06. The van der Waals surface area contributed by atoms with E-state index in [1.807, 2.05) is 5.38 Å². The van der Waals surface area contributed by atoms with E-state index in [1.165, 1.54) is 0 Å². The predicted molar refractivity (Wildman–Crippen MR) is 80.0 cm³/mol. The highest BCUT2D eigenvalue weighted by Gasteiger charge is 2.17. The van der Waals surface area contributed by atoms with Gasteiger partial charge in [-0.05, 0) is 6.92 Å². The second-order valence-electron chi connectivity index (χ2n) is 4.93. The Bertz CT molecular complexity index is 447. The molecule has 1 aliphatic heterocycles. The Morgan fingerprint density at radius 1 is 1.60 bits per heavy atom. The number of hydrogen-bond donors (Lipinski definition) is 0. The first-order valence-corrected chi connectivity index (χ1v) is 8.00. The van der Waals surface area contributed by atoms with E-state index in [4.69, 9.17) is 16.3 Å². The fourth-order valence-electron chi connectivity index (χ4n) is 2.07. The molecule has 0 spiro atoms. The standard InChI is InChI=1S/C13H20ClN3O2S/c1-10(14)13(18)16(2)7-11-9-20-12(15-11)8-17-3-5-19-6-4-17/h9-10H,3-8H2,1-2H3. The van der Waals surface area contributed by atoms with Crippen LogP contribution in [0.25, 0.3) is 0 Å². The van der Waals surface area contributed by atoms with Crippen molar-refractivity contribution in [2.45, 2.75) is 25.4 Å². The number of amides is 1. The minimum atomic E-state index is -0.494. The Kier molecular flexibility index (Phi) is 5.77. The second kappa shape index (κ2) is 7.36. The van der Waals surface area contributed by atoms with Crippen LogP contribution in [0.1, 0.15) is 17.6 Å². The highest BCUT2D eigenvalue weighted by atomic mass is 35.5. The Hall–Kier alpha value is -0.690. The van der Waals surface area contributed by atoms with Crippen LogP contribution < -0.4 is 0 Å². The molecule has 1 saturated heterocycles. The average molecular weight is 318 g/mol. The van der Waals surface area contributed by atoms with Gasteiger partial charge in [-0.15, -0.1) is 22.9 Å². The van der Waals surface area contributed by atoms with Gasteiger partial charge in [-0.25, -0.2) is 4.98 Å². The molecule has 2 heterocycles. The van der Waals surface area contributed by atoms with Gasteiger partial charge in [0.1, 0.15) is 10.4 Å². The molecule has 5 nitrogen and oxygen atoms in total. The van der Waals surface area contributed by atoms with Gasteiger partial charge in [0.15, 0.2) is 0 Å². The minimum absolute atomic E-state index is 0.0746. The number of hydrogen-bond acceptors (Lipinski definition) is 5. The van der Waals surface area contributed by atoms with Crippen LogP contribution in [0, 0.1) is 0 Å². The predicted octanol–water partition coefficient (Wildman–Crippen LogP) is 1.56. The summed E-state index contributed by atoms with van der Waals surface area (Å²) in [6, 6.07) is 0. The number of thiazole rings is 1. The molecular weight excluding hydrogens is 298 g/mol. The topological polar surface area (TPSA) is 45.7 Å². The summed E-state index contributed by atoms with van der Waals surface area (Å²) in [5, 5.41) is 2.60. The van der Waals surface area contributed by atoms with E-state index < -0.39 is 5.38 Å². The van der Waals surface area contributed by atoms with Crippen LogP contribution >= 0.6 is 22.9 Å². The summed E-state index contributed by atoms with van der Waals surface area (Å²) in [5.41, 5.74) is 0.923. The lowest BCUT2D eigenvalue weighted by Gasteiger charge is -2.25. The van der Waals surface area contributed by atoms with Crippen molar-refractivity contribution in [1.82, 2.24) is 14.8 Å². The number of ether oxygens (including phenoxy) is 1. The van der Waals surface area contributed by atoms with E-state index in [1.54, 1.807) is 30.2 Å². The van der Waals surface area contributed by atoms with E-state index in [2.05, 4.69) is 9.88 Å². The maximum absolute atomic E-state index is 11.7. The first-order chi connectivity index (χ1) is 9.56. The van der Waals surface area contributed by atoms with Crippen molar-refractivity contribution < 1.29 is 9.53 Å². The Morgan fingerprint density at radius 3 is 2.95 bits per heavy atom. The van der Waals surface area contributed by atoms with Crippen molar-refractivity contribution in [3.63, 3.8) is 0 Å². The summed E-state index contributed by atoms with van der Waals surface area (Å²) in [4.78, 5) is 20.3. The first-order valence-electron chi connectivity index (χ1n) is 6.68. The van der Waals surface area contributed by atoms with Gasteiger partial charge in [0.2, 0.25) is 5.91 Å². The van der Waals surface area contributed by atoms with Gasteiger partial charge in [0, 0.05) is 25.5 Å². The maximum Gasteiger partial charge on any atom is 0.240 e. The molecule has 1 aliphatic rings. The Labute approximate surface area is 128 Å². The zero-order valence-electron chi connectivity index (χ0n) is 11.8. The number of alkyl halides is 1. The summed E-state index contributed by atoms with van der Waals surface area (Å²) in [6.07, 6.45) is 0. The molecule has 1 amide bonds. The van der Waals surface area contributed by atoms with Gasteiger partial charge in [-0.2, -0.15) is 0 Å². The molecule has 7 heteroatoms. The third-order valence-corrected chi connectivity index (χ3v) is 4.25. The second-order valence-corrected chi connectivity index (χ2v) is 6.53. The Balaban J connectivity index is 1.86. The molecule has 2 rings (SSSR count). The molecule has 0 bridgehead atoms. The summed E-state index contributed by atoms with van der Waals surface area (Å²) in [6.45, 7) is 6.55. The van der Waals surface area contributed by atoms with E-state index in [9.17, 15) is 4.79 Å². The highest BCUT2D eigenvalue weighted by molar-refractivity contribution is 7.09. The maximum atomic E-state index is 11.7. The molecule has 1 atom stereocenters. The van der Waals surface area contributed by atoms with Crippen LogP contribution in [-0.4, -0.2) is 59.4 Å².